The number of ether oxygens (including phenoxy) is 1. The molecule has 3 N–H and O–H groups in total. The maximum atomic E-state index is 12.3. The van der Waals surface area contributed by atoms with Crippen LogP contribution in [-0.2, 0) is 17.9 Å². The van der Waals surface area contributed by atoms with Crippen LogP contribution < -0.4 is 10.6 Å². The number of alkyl carbamates (subject to hydrolysis) is 1. The number of hydrogen-bond acceptors (Lipinski definition) is 4. The highest BCUT2D eigenvalue weighted by atomic mass is 16.6. The number of benzene rings is 2. The van der Waals surface area contributed by atoms with E-state index in [-0.39, 0.29) is 12.5 Å². The molecule has 6 nitrogen and oxygen atoms in total. The fourth-order valence-electron chi connectivity index (χ4n) is 2.21. The van der Waals surface area contributed by atoms with E-state index in [2.05, 4.69) is 10.6 Å². The predicted molar refractivity (Wildman–Crippen MR) is 99.8 cm³/mol. The summed E-state index contributed by atoms with van der Waals surface area (Å²) in [4.78, 5) is 23.9. The number of carbonyl (C=O) groups is 2. The van der Waals surface area contributed by atoms with Gasteiger partial charge in [0.15, 0.2) is 0 Å². The molecular formula is C20H24N2O4. The van der Waals surface area contributed by atoms with Gasteiger partial charge in [-0.1, -0.05) is 24.3 Å². The first-order chi connectivity index (χ1) is 12.3. The molecule has 0 aliphatic carbocycles. The lowest BCUT2D eigenvalue weighted by atomic mass is 10.1. The number of rotatable bonds is 5. The highest BCUT2D eigenvalue weighted by Gasteiger charge is 2.15. The van der Waals surface area contributed by atoms with E-state index >= 15 is 0 Å². The largest absolute Gasteiger partial charge is 0.444 e. The SMILES string of the molecule is CC(C)(C)OC(=O)NCc1ccc(C(=O)Nc2cccc(CO)c2)cc1. The van der Waals surface area contributed by atoms with Gasteiger partial charge in [0.25, 0.3) is 5.91 Å². The molecule has 0 saturated heterocycles. The second-order valence-corrected chi connectivity index (χ2v) is 6.86. The fraction of sp³-hybridized carbons (Fsp3) is 0.300. The molecule has 2 rings (SSSR count). The van der Waals surface area contributed by atoms with Crippen molar-refractivity contribution in [3.8, 4) is 0 Å². The average molecular weight is 356 g/mol. The van der Waals surface area contributed by atoms with Gasteiger partial charge in [-0.15, -0.1) is 0 Å². The minimum Gasteiger partial charge on any atom is -0.444 e. The predicted octanol–water partition coefficient (Wildman–Crippen LogP) is 3.46. The smallest absolute Gasteiger partial charge is 0.407 e. The van der Waals surface area contributed by atoms with Gasteiger partial charge in [-0.2, -0.15) is 0 Å². The number of amides is 2. The van der Waals surface area contributed by atoms with Crippen molar-refractivity contribution in [2.24, 2.45) is 0 Å². The van der Waals surface area contributed by atoms with Crippen LogP contribution in [0.15, 0.2) is 48.5 Å². The van der Waals surface area contributed by atoms with Crippen molar-refractivity contribution in [1.29, 1.82) is 0 Å². The summed E-state index contributed by atoms with van der Waals surface area (Å²) in [5.74, 6) is -0.244. The Morgan fingerprint density at radius 1 is 1.04 bits per heavy atom. The molecule has 0 aromatic heterocycles. The molecule has 0 radical (unpaired) electrons. The first-order valence-corrected chi connectivity index (χ1v) is 8.34. The van der Waals surface area contributed by atoms with Crippen LogP contribution in [-0.4, -0.2) is 22.7 Å². The zero-order valence-corrected chi connectivity index (χ0v) is 15.2. The third-order valence-corrected chi connectivity index (χ3v) is 3.42. The quantitative estimate of drug-likeness (QED) is 0.766. The molecule has 2 aromatic carbocycles. The van der Waals surface area contributed by atoms with Gasteiger partial charge in [0.05, 0.1) is 6.61 Å². The lowest BCUT2D eigenvalue weighted by Crippen LogP contribution is -2.32. The van der Waals surface area contributed by atoms with Gasteiger partial charge in [0.2, 0.25) is 0 Å². The Morgan fingerprint density at radius 3 is 2.35 bits per heavy atom. The van der Waals surface area contributed by atoms with Crippen LogP contribution in [0.4, 0.5) is 10.5 Å². The number of aliphatic hydroxyl groups is 1. The van der Waals surface area contributed by atoms with Crippen molar-refractivity contribution >= 4 is 17.7 Å². The van der Waals surface area contributed by atoms with E-state index in [0.717, 1.165) is 11.1 Å². The van der Waals surface area contributed by atoms with Crippen LogP contribution in [0.25, 0.3) is 0 Å². The van der Waals surface area contributed by atoms with Crippen LogP contribution in [0.5, 0.6) is 0 Å². The van der Waals surface area contributed by atoms with Crippen LogP contribution in [0.2, 0.25) is 0 Å². The topological polar surface area (TPSA) is 87.7 Å². The summed E-state index contributed by atoms with van der Waals surface area (Å²) < 4.78 is 5.17. The molecule has 0 spiro atoms. The van der Waals surface area contributed by atoms with Gasteiger partial charge in [0, 0.05) is 17.8 Å². The monoisotopic (exact) mass is 356 g/mol. The summed E-state index contributed by atoms with van der Waals surface area (Å²) >= 11 is 0. The summed E-state index contributed by atoms with van der Waals surface area (Å²) in [5, 5.41) is 14.6. The third-order valence-electron chi connectivity index (χ3n) is 3.42. The normalized spacial score (nSPS) is 10.9. The molecule has 2 aromatic rings. The Kier molecular flexibility index (Phi) is 6.36. The van der Waals surface area contributed by atoms with Crippen molar-refractivity contribution < 1.29 is 19.4 Å². The molecule has 0 atom stereocenters. The summed E-state index contributed by atoms with van der Waals surface area (Å²) in [7, 11) is 0. The molecule has 138 valence electrons. The molecule has 0 saturated carbocycles. The highest BCUT2D eigenvalue weighted by Crippen LogP contribution is 2.13. The number of aliphatic hydroxyl groups excluding tert-OH is 1. The van der Waals surface area contributed by atoms with E-state index in [1.807, 2.05) is 0 Å². The van der Waals surface area contributed by atoms with Crippen LogP contribution in [0.1, 0.15) is 42.3 Å². The molecule has 0 bridgehead atoms. The van der Waals surface area contributed by atoms with Gasteiger partial charge in [-0.3, -0.25) is 4.79 Å². The summed E-state index contributed by atoms with van der Waals surface area (Å²) in [5.41, 5.74) is 2.16. The minimum absolute atomic E-state index is 0.0803. The maximum Gasteiger partial charge on any atom is 0.407 e. The van der Waals surface area contributed by atoms with Crippen molar-refractivity contribution in [3.63, 3.8) is 0 Å². The first-order valence-electron chi connectivity index (χ1n) is 8.34. The van der Waals surface area contributed by atoms with Gasteiger partial charge in [-0.25, -0.2) is 4.79 Å². The summed E-state index contributed by atoms with van der Waals surface area (Å²) in [6.07, 6.45) is -0.483. The molecule has 0 fully saturated rings. The molecule has 0 aliphatic heterocycles. The minimum atomic E-state index is -0.542. The third kappa shape index (κ3) is 6.22. The van der Waals surface area contributed by atoms with Gasteiger partial charge in [0.1, 0.15) is 5.60 Å². The molecule has 0 unspecified atom stereocenters. The first kappa shape index (κ1) is 19.5. The van der Waals surface area contributed by atoms with E-state index in [4.69, 9.17) is 9.84 Å². The fourth-order valence-corrected chi connectivity index (χ4v) is 2.21. The average Bonchev–Trinajstić information content (AvgIpc) is 2.59. The Morgan fingerprint density at radius 2 is 1.73 bits per heavy atom. The number of nitrogens with one attached hydrogen (secondary N) is 2. The lowest BCUT2D eigenvalue weighted by molar-refractivity contribution is 0.0523. The molecule has 2 amide bonds. The Hall–Kier alpha value is -2.86. The number of hydrogen-bond donors (Lipinski definition) is 3. The molecule has 6 heteroatoms. The van der Waals surface area contributed by atoms with Gasteiger partial charge in [-0.05, 0) is 56.2 Å². The van der Waals surface area contributed by atoms with E-state index in [1.165, 1.54) is 0 Å². The van der Waals surface area contributed by atoms with E-state index in [9.17, 15) is 9.59 Å². The second-order valence-electron chi connectivity index (χ2n) is 6.86. The number of carbonyl (C=O) groups excluding carboxylic acids is 2. The lowest BCUT2D eigenvalue weighted by Gasteiger charge is -2.19. The molecule has 26 heavy (non-hydrogen) atoms. The molecule has 0 heterocycles. The van der Waals surface area contributed by atoms with Crippen LogP contribution in [0.3, 0.4) is 0 Å². The molecular weight excluding hydrogens is 332 g/mol. The Balaban J connectivity index is 1.91. The van der Waals surface area contributed by atoms with Gasteiger partial charge >= 0.3 is 6.09 Å². The standard InChI is InChI=1S/C20H24N2O4/c1-20(2,3)26-19(25)21-12-14-7-9-16(10-8-14)18(24)22-17-6-4-5-15(11-17)13-23/h4-11,23H,12-13H2,1-3H3,(H,21,25)(H,22,24). The van der Waals surface area contributed by atoms with Crippen molar-refractivity contribution in [2.45, 2.75) is 39.5 Å². The zero-order chi connectivity index (χ0) is 19.2. The van der Waals surface area contributed by atoms with E-state index in [0.29, 0.717) is 17.8 Å². The van der Waals surface area contributed by atoms with Gasteiger partial charge < -0.3 is 20.5 Å². The van der Waals surface area contributed by atoms with Crippen LogP contribution >= 0.6 is 0 Å². The Labute approximate surface area is 153 Å². The van der Waals surface area contributed by atoms with E-state index in [1.54, 1.807) is 69.3 Å². The van der Waals surface area contributed by atoms with Crippen LogP contribution in [0, 0.1) is 0 Å². The van der Waals surface area contributed by atoms with Crippen molar-refractivity contribution in [3.05, 3.63) is 65.2 Å². The Bertz CT molecular complexity index is 764. The molecule has 0 aliphatic rings. The van der Waals surface area contributed by atoms with Crippen molar-refractivity contribution in [2.75, 3.05) is 5.32 Å². The summed E-state index contributed by atoms with van der Waals surface area (Å²) in [6.45, 7) is 5.64. The maximum absolute atomic E-state index is 12.3. The highest BCUT2D eigenvalue weighted by molar-refractivity contribution is 6.04. The number of anilines is 1. The zero-order valence-electron chi connectivity index (χ0n) is 15.2. The second kappa shape index (κ2) is 8.49. The summed E-state index contributed by atoms with van der Waals surface area (Å²) in [6, 6.07) is 14.0. The van der Waals surface area contributed by atoms with E-state index < -0.39 is 11.7 Å². The van der Waals surface area contributed by atoms with Crippen molar-refractivity contribution in [1.82, 2.24) is 5.32 Å².